The van der Waals surface area contributed by atoms with Crippen LogP contribution in [-0.4, -0.2) is 38.3 Å². The molecule has 7 heteroatoms. The third-order valence-electron chi connectivity index (χ3n) is 5.71. The van der Waals surface area contributed by atoms with Crippen molar-refractivity contribution in [1.82, 2.24) is 9.62 Å². The fraction of sp³-hybridized carbons (Fsp3) is 0.611. The Labute approximate surface area is 154 Å². The number of carbonyl (C=O) groups is 1. The second-order valence-electron chi connectivity index (χ2n) is 7.41. The van der Waals surface area contributed by atoms with Crippen molar-refractivity contribution in [2.45, 2.75) is 43.5 Å². The third kappa shape index (κ3) is 4.01. The van der Waals surface area contributed by atoms with Crippen LogP contribution in [0.15, 0.2) is 29.2 Å². The molecule has 2 bridgehead atoms. The first kappa shape index (κ1) is 18.7. The fourth-order valence-electron chi connectivity index (χ4n) is 4.39. The summed E-state index contributed by atoms with van der Waals surface area (Å²) in [5.41, 5.74) is 0. The van der Waals surface area contributed by atoms with Gasteiger partial charge in [0.1, 0.15) is 0 Å². The van der Waals surface area contributed by atoms with Crippen molar-refractivity contribution in [1.29, 1.82) is 0 Å². The van der Waals surface area contributed by atoms with Crippen LogP contribution in [0.4, 0.5) is 0 Å². The van der Waals surface area contributed by atoms with Crippen molar-refractivity contribution in [2.75, 3.05) is 13.6 Å². The Balaban J connectivity index is 1.57. The van der Waals surface area contributed by atoms with E-state index in [1.807, 2.05) is 6.92 Å². The van der Waals surface area contributed by atoms with E-state index in [9.17, 15) is 13.2 Å². The number of hydrogen-bond acceptors (Lipinski definition) is 3. The molecule has 0 aromatic heterocycles. The summed E-state index contributed by atoms with van der Waals surface area (Å²) in [6.45, 7) is 1.85. The molecule has 2 fully saturated rings. The Morgan fingerprint density at radius 1 is 1.28 bits per heavy atom. The van der Waals surface area contributed by atoms with Gasteiger partial charge in [-0.15, -0.1) is 0 Å². The van der Waals surface area contributed by atoms with Gasteiger partial charge in [0.2, 0.25) is 15.9 Å². The molecule has 3 rings (SSSR count). The van der Waals surface area contributed by atoms with E-state index in [4.69, 9.17) is 11.6 Å². The van der Waals surface area contributed by atoms with Gasteiger partial charge in [-0.05, 0) is 68.2 Å². The summed E-state index contributed by atoms with van der Waals surface area (Å²) in [7, 11) is -2.28. The summed E-state index contributed by atoms with van der Waals surface area (Å²) in [4.78, 5) is 12.5. The average molecular weight is 385 g/mol. The van der Waals surface area contributed by atoms with Gasteiger partial charge in [-0.3, -0.25) is 4.79 Å². The Morgan fingerprint density at radius 2 is 1.96 bits per heavy atom. The zero-order chi connectivity index (χ0) is 18.2. The van der Waals surface area contributed by atoms with Crippen LogP contribution < -0.4 is 5.32 Å². The predicted molar refractivity (Wildman–Crippen MR) is 97.8 cm³/mol. The van der Waals surface area contributed by atoms with E-state index in [-0.39, 0.29) is 23.4 Å². The molecule has 1 N–H and O–H groups in total. The molecule has 2 aliphatic carbocycles. The van der Waals surface area contributed by atoms with Crippen molar-refractivity contribution in [3.05, 3.63) is 29.3 Å². The fourth-order valence-corrected chi connectivity index (χ4v) is 5.64. The zero-order valence-electron chi connectivity index (χ0n) is 14.6. The van der Waals surface area contributed by atoms with Gasteiger partial charge in [-0.2, -0.15) is 4.31 Å². The Morgan fingerprint density at radius 3 is 2.52 bits per heavy atom. The number of rotatable bonds is 6. The van der Waals surface area contributed by atoms with E-state index in [0.717, 1.165) is 16.1 Å². The smallest absolute Gasteiger partial charge is 0.243 e. The maximum atomic E-state index is 12.5. The monoisotopic (exact) mass is 384 g/mol. The summed E-state index contributed by atoms with van der Waals surface area (Å²) in [6.07, 6.45) is 5.06. The second kappa shape index (κ2) is 7.25. The van der Waals surface area contributed by atoms with Crippen LogP contribution in [-0.2, 0) is 14.8 Å². The third-order valence-corrected chi connectivity index (χ3v) is 7.78. The molecule has 1 amide bonds. The lowest BCUT2D eigenvalue weighted by atomic mass is 9.84. The minimum absolute atomic E-state index is 0.0921. The van der Waals surface area contributed by atoms with Crippen LogP contribution in [0, 0.1) is 17.8 Å². The molecule has 2 aliphatic rings. The standard InChI is InChI=1S/C18H25ClN2O3S/c1-12(17-10-13-3-4-14(17)9-13)20-18(22)11-21(2)25(23,24)16-7-5-15(19)6-8-16/h5-8,12-14,17H,3-4,9-11H2,1-2H3,(H,20,22)/t12-,13+,14+,17-/m1/s1. The number of nitrogens with zero attached hydrogens (tertiary/aromatic N) is 1. The molecule has 0 aliphatic heterocycles. The first-order valence-corrected chi connectivity index (χ1v) is 10.6. The molecule has 4 atom stereocenters. The lowest BCUT2D eigenvalue weighted by molar-refractivity contribution is -0.122. The van der Waals surface area contributed by atoms with Crippen LogP contribution >= 0.6 is 11.6 Å². The van der Waals surface area contributed by atoms with Crippen LogP contribution in [0.2, 0.25) is 5.02 Å². The van der Waals surface area contributed by atoms with E-state index in [1.54, 1.807) is 0 Å². The number of sulfonamides is 1. The van der Waals surface area contributed by atoms with Crippen molar-refractivity contribution >= 4 is 27.5 Å². The lowest BCUT2D eigenvalue weighted by Crippen LogP contribution is -2.45. The number of benzene rings is 1. The summed E-state index contributed by atoms with van der Waals surface area (Å²) in [5, 5.41) is 3.48. The van der Waals surface area contributed by atoms with Crippen LogP contribution in [0.25, 0.3) is 0 Å². The normalized spacial score (nSPS) is 26.8. The summed E-state index contributed by atoms with van der Waals surface area (Å²) in [5.74, 6) is 1.81. The molecule has 0 unspecified atom stereocenters. The molecule has 0 heterocycles. The maximum Gasteiger partial charge on any atom is 0.243 e. The minimum Gasteiger partial charge on any atom is -0.352 e. The maximum absolute atomic E-state index is 12.5. The van der Waals surface area contributed by atoms with Crippen molar-refractivity contribution in [3.8, 4) is 0 Å². The highest BCUT2D eigenvalue weighted by Crippen LogP contribution is 2.49. The van der Waals surface area contributed by atoms with Gasteiger partial charge in [0.15, 0.2) is 0 Å². The van der Waals surface area contributed by atoms with E-state index in [1.165, 1.54) is 57.0 Å². The predicted octanol–water partition coefficient (Wildman–Crippen LogP) is 2.90. The molecular formula is C18H25ClN2O3S. The SMILES string of the molecule is C[C@@H](NC(=O)CN(C)S(=O)(=O)c1ccc(Cl)cc1)[C@H]1C[C@H]2CC[C@H]1C2. The molecule has 5 nitrogen and oxygen atoms in total. The topological polar surface area (TPSA) is 66.5 Å². The van der Waals surface area contributed by atoms with Gasteiger partial charge in [-0.1, -0.05) is 18.0 Å². The Bertz CT molecular complexity index is 735. The van der Waals surface area contributed by atoms with E-state index in [2.05, 4.69) is 5.32 Å². The van der Waals surface area contributed by atoms with E-state index in [0.29, 0.717) is 10.9 Å². The molecule has 1 aromatic carbocycles. The zero-order valence-corrected chi connectivity index (χ0v) is 16.2. The summed E-state index contributed by atoms with van der Waals surface area (Å²) >= 11 is 5.80. The average Bonchev–Trinajstić information content (AvgIpc) is 3.18. The molecule has 0 radical (unpaired) electrons. The van der Waals surface area contributed by atoms with Gasteiger partial charge >= 0.3 is 0 Å². The Kier molecular flexibility index (Phi) is 5.42. The van der Waals surface area contributed by atoms with Crippen molar-refractivity contribution < 1.29 is 13.2 Å². The first-order valence-electron chi connectivity index (χ1n) is 8.78. The quantitative estimate of drug-likeness (QED) is 0.820. The molecule has 0 spiro atoms. The van der Waals surface area contributed by atoms with Gasteiger partial charge in [0, 0.05) is 18.1 Å². The van der Waals surface area contributed by atoms with Crippen molar-refractivity contribution in [2.24, 2.45) is 17.8 Å². The van der Waals surface area contributed by atoms with E-state index < -0.39 is 10.0 Å². The lowest BCUT2D eigenvalue weighted by Gasteiger charge is -2.29. The van der Waals surface area contributed by atoms with E-state index >= 15 is 0 Å². The molecule has 138 valence electrons. The molecule has 25 heavy (non-hydrogen) atoms. The molecule has 0 saturated heterocycles. The number of fused-ring (bicyclic) bond motifs is 2. The number of carbonyl (C=O) groups excluding carboxylic acids is 1. The number of halogens is 1. The first-order chi connectivity index (χ1) is 11.8. The summed E-state index contributed by atoms with van der Waals surface area (Å²) in [6, 6.07) is 6.04. The van der Waals surface area contributed by atoms with Crippen molar-refractivity contribution in [3.63, 3.8) is 0 Å². The number of nitrogens with one attached hydrogen (secondary N) is 1. The Hall–Kier alpha value is -1.11. The molecule has 2 saturated carbocycles. The van der Waals surface area contributed by atoms with Gasteiger partial charge in [0.05, 0.1) is 11.4 Å². The number of hydrogen-bond donors (Lipinski definition) is 1. The second-order valence-corrected chi connectivity index (χ2v) is 9.89. The van der Waals surface area contributed by atoms with Gasteiger partial charge in [-0.25, -0.2) is 8.42 Å². The largest absolute Gasteiger partial charge is 0.352 e. The molecular weight excluding hydrogens is 360 g/mol. The minimum atomic E-state index is -3.70. The van der Waals surface area contributed by atoms with Crippen LogP contribution in [0.5, 0.6) is 0 Å². The summed E-state index contributed by atoms with van der Waals surface area (Å²) < 4.78 is 26.1. The van der Waals surface area contributed by atoms with Crippen LogP contribution in [0.3, 0.4) is 0 Å². The number of likely N-dealkylation sites (N-methyl/N-ethyl adjacent to an activating group) is 1. The molecule has 1 aromatic rings. The van der Waals surface area contributed by atoms with Crippen LogP contribution in [0.1, 0.15) is 32.6 Å². The highest BCUT2D eigenvalue weighted by molar-refractivity contribution is 7.89. The highest BCUT2D eigenvalue weighted by Gasteiger charge is 2.42. The van der Waals surface area contributed by atoms with Gasteiger partial charge < -0.3 is 5.32 Å². The van der Waals surface area contributed by atoms with Gasteiger partial charge in [0.25, 0.3) is 0 Å². The number of amides is 1. The highest BCUT2D eigenvalue weighted by atomic mass is 35.5.